The van der Waals surface area contributed by atoms with E-state index in [1.807, 2.05) is 6.92 Å². The van der Waals surface area contributed by atoms with Gasteiger partial charge in [-0.15, -0.1) is 0 Å². The minimum absolute atomic E-state index is 0.00770. The molecule has 0 bridgehead atoms. The minimum Gasteiger partial charge on any atom is -0.478 e. The largest absolute Gasteiger partial charge is 0.478 e. The second-order valence-corrected chi connectivity index (χ2v) is 6.66. The van der Waals surface area contributed by atoms with Gasteiger partial charge in [0.1, 0.15) is 0 Å². The van der Waals surface area contributed by atoms with Crippen LogP contribution in [0.3, 0.4) is 0 Å². The molecule has 0 aliphatic heterocycles. The normalized spacial score (nSPS) is 13.1. The zero-order valence-electron chi connectivity index (χ0n) is 12.2. The number of hydrogen-bond donors (Lipinski definition) is 3. The summed E-state index contributed by atoms with van der Waals surface area (Å²) in [5.41, 5.74) is 0.422. The van der Waals surface area contributed by atoms with E-state index in [1.165, 1.54) is 12.1 Å². The zero-order valence-corrected chi connectivity index (χ0v) is 13.0. The van der Waals surface area contributed by atoms with E-state index in [0.29, 0.717) is 12.0 Å². The standard InChI is InChI=1S/C14H21NO5S/c1-3-11(6-7-16)9-15-21(19,20)13-8-12(14(17)18)5-4-10(13)2/h4-5,8,11,15-16H,3,6-7,9H2,1-2H3,(H,17,18). The number of nitrogens with one attached hydrogen (secondary N) is 1. The van der Waals surface area contributed by atoms with Gasteiger partial charge < -0.3 is 10.2 Å². The zero-order chi connectivity index (χ0) is 16.0. The number of aryl methyl sites for hydroxylation is 1. The van der Waals surface area contributed by atoms with Gasteiger partial charge >= 0.3 is 5.97 Å². The number of rotatable bonds is 8. The van der Waals surface area contributed by atoms with Gasteiger partial charge in [0.15, 0.2) is 0 Å². The van der Waals surface area contributed by atoms with Crippen molar-refractivity contribution in [1.82, 2.24) is 4.72 Å². The van der Waals surface area contributed by atoms with E-state index in [2.05, 4.69) is 4.72 Å². The Kier molecular flexibility index (Phi) is 6.32. The molecule has 118 valence electrons. The van der Waals surface area contributed by atoms with E-state index in [4.69, 9.17) is 10.2 Å². The number of hydrogen-bond acceptors (Lipinski definition) is 4. The summed E-state index contributed by atoms with van der Waals surface area (Å²) in [6.45, 7) is 3.76. The summed E-state index contributed by atoms with van der Waals surface area (Å²) in [4.78, 5) is 10.9. The molecule has 21 heavy (non-hydrogen) atoms. The average Bonchev–Trinajstić information content (AvgIpc) is 2.43. The monoisotopic (exact) mass is 315 g/mol. The molecule has 0 heterocycles. The predicted octanol–water partition coefficient (Wildman–Crippen LogP) is 1.38. The number of carboxylic acids is 1. The lowest BCUT2D eigenvalue weighted by Crippen LogP contribution is -2.30. The molecule has 0 saturated carbocycles. The van der Waals surface area contributed by atoms with Crippen molar-refractivity contribution in [2.24, 2.45) is 5.92 Å². The summed E-state index contributed by atoms with van der Waals surface area (Å²) < 4.78 is 27.1. The Hall–Kier alpha value is -1.44. The summed E-state index contributed by atoms with van der Waals surface area (Å²) in [6, 6.07) is 4.01. The summed E-state index contributed by atoms with van der Waals surface area (Å²) in [7, 11) is -3.77. The van der Waals surface area contributed by atoms with Gasteiger partial charge in [0, 0.05) is 13.2 Å². The first kappa shape index (κ1) is 17.6. The maximum atomic E-state index is 12.3. The van der Waals surface area contributed by atoms with E-state index in [1.54, 1.807) is 6.92 Å². The van der Waals surface area contributed by atoms with Crippen LogP contribution in [-0.4, -0.2) is 37.8 Å². The number of aromatic carboxylic acids is 1. The van der Waals surface area contributed by atoms with Crippen LogP contribution in [0, 0.1) is 12.8 Å². The van der Waals surface area contributed by atoms with Crippen LogP contribution in [0.2, 0.25) is 0 Å². The smallest absolute Gasteiger partial charge is 0.335 e. The molecule has 0 fully saturated rings. The van der Waals surface area contributed by atoms with Gasteiger partial charge in [0.25, 0.3) is 0 Å². The molecule has 0 saturated heterocycles. The highest BCUT2D eigenvalue weighted by Gasteiger charge is 2.20. The molecule has 1 aromatic carbocycles. The van der Waals surface area contributed by atoms with Crippen LogP contribution in [0.15, 0.2) is 23.1 Å². The van der Waals surface area contributed by atoms with Crippen molar-refractivity contribution in [3.63, 3.8) is 0 Å². The maximum Gasteiger partial charge on any atom is 0.335 e. The molecule has 7 heteroatoms. The fraction of sp³-hybridized carbons (Fsp3) is 0.500. The number of aliphatic hydroxyl groups excluding tert-OH is 1. The Bertz CT molecular complexity index is 597. The highest BCUT2D eigenvalue weighted by molar-refractivity contribution is 7.89. The number of benzene rings is 1. The molecule has 0 aliphatic rings. The van der Waals surface area contributed by atoms with Crippen molar-refractivity contribution in [3.8, 4) is 0 Å². The molecule has 1 rings (SSSR count). The maximum absolute atomic E-state index is 12.3. The first-order valence-corrected chi connectivity index (χ1v) is 8.24. The highest BCUT2D eigenvalue weighted by Crippen LogP contribution is 2.18. The van der Waals surface area contributed by atoms with Crippen LogP contribution in [0.1, 0.15) is 35.7 Å². The second-order valence-electron chi connectivity index (χ2n) is 4.92. The van der Waals surface area contributed by atoms with Crippen molar-refractivity contribution in [1.29, 1.82) is 0 Å². The van der Waals surface area contributed by atoms with E-state index < -0.39 is 16.0 Å². The van der Waals surface area contributed by atoms with Crippen molar-refractivity contribution >= 4 is 16.0 Å². The van der Waals surface area contributed by atoms with Crippen molar-refractivity contribution < 1.29 is 23.4 Å². The summed E-state index contributed by atoms with van der Waals surface area (Å²) >= 11 is 0. The van der Waals surface area contributed by atoms with Crippen molar-refractivity contribution in [2.45, 2.75) is 31.6 Å². The molecule has 0 aliphatic carbocycles. The minimum atomic E-state index is -3.77. The Morgan fingerprint density at radius 3 is 2.57 bits per heavy atom. The van der Waals surface area contributed by atoms with Gasteiger partial charge in [0.2, 0.25) is 10.0 Å². The molecule has 6 nitrogen and oxygen atoms in total. The van der Waals surface area contributed by atoms with Crippen molar-refractivity contribution in [3.05, 3.63) is 29.3 Å². The van der Waals surface area contributed by atoms with E-state index in [0.717, 1.165) is 12.5 Å². The predicted molar refractivity (Wildman–Crippen MR) is 78.8 cm³/mol. The third kappa shape index (κ3) is 4.80. The third-order valence-electron chi connectivity index (χ3n) is 3.40. The Labute approximate surface area is 124 Å². The fourth-order valence-electron chi connectivity index (χ4n) is 1.96. The van der Waals surface area contributed by atoms with Crippen LogP contribution >= 0.6 is 0 Å². The van der Waals surface area contributed by atoms with E-state index in [9.17, 15) is 13.2 Å². The van der Waals surface area contributed by atoms with E-state index in [-0.39, 0.29) is 29.5 Å². The topological polar surface area (TPSA) is 104 Å². The van der Waals surface area contributed by atoms with E-state index >= 15 is 0 Å². The molecule has 3 N–H and O–H groups in total. The number of carbonyl (C=O) groups is 1. The van der Waals surface area contributed by atoms with Crippen molar-refractivity contribution in [2.75, 3.05) is 13.2 Å². The molecule has 0 aromatic heterocycles. The molecular formula is C14H21NO5S. The van der Waals surface area contributed by atoms with Crippen LogP contribution in [0.5, 0.6) is 0 Å². The molecule has 0 amide bonds. The molecule has 1 aromatic rings. The summed E-state index contributed by atoms with van der Waals surface area (Å²) in [6.07, 6.45) is 1.27. The van der Waals surface area contributed by atoms with Gasteiger partial charge in [-0.3, -0.25) is 0 Å². The molecule has 1 unspecified atom stereocenters. The number of aliphatic hydroxyl groups is 1. The van der Waals surface area contributed by atoms with Crippen LogP contribution < -0.4 is 4.72 Å². The molecule has 0 spiro atoms. The van der Waals surface area contributed by atoms with Gasteiger partial charge in [-0.1, -0.05) is 19.4 Å². The van der Waals surface area contributed by atoms with Gasteiger partial charge in [-0.25, -0.2) is 17.9 Å². The Morgan fingerprint density at radius 1 is 1.38 bits per heavy atom. The van der Waals surface area contributed by atoms with Gasteiger partial charge in [-0.2, -0.15) is 0 Å². The average molecular weight is 315 g/mol. The van der Waals surface area contributed by atoms with Crippen LogP contribution in [0.25, 0.3) is 0 Å². The highest BCUT2D eigenvalue weighted by atomic mass is 32.2. The lowest BCUT2D eigenvalue weighted by atomic mass is 10.0. The molecular weight excluding hydrogens is 294 g/mol. The lowest BCUT2D eigenvalue weighted by molar-refractivity contribution is 0.0696. The first-order chi connectivity index (χ1) is 9.81. The Morgan fingerprint density at radius 2 is 2.05 bits per heavy atom. The van der Waals surface area contributed by atoms with Gasteiger partial charge in [-0.05, 0) is 37.0 Å². The van der Waals surface area contributed by atoms with Crippen LogP contribution in [0.4, 0.5) is 0 Å². The quantitative estimate of drug-likeness (QED) is 0.672. The third-order valence-corrected chi connectivity index (χ3v) is 4.97. The summed E-state index contributed by atoms with van der Waals surface area (Å²) in [5.74, 6) is -1.12. The summed E-state index contributed by atoms with van der Waals surface area (Å²) in [5, 5.41) is 17.9. The number of sulfonamides is 1. The fourth-order valence-corrected chi connectivity index (χ4v) is 3.35. The Balaban J connectivity index is 2.97. The SMILES string of the molecule is CCC(CCO)CNS(=O)(=O)c1cc(C(=O)O)ccc1C. The lowest BCUT2D eigenvalue weighted by Gasteiger charge is -2.15. The molecule has 0 radical (unpaired) electrons. The van der Waals surface area contributed by atoms with Gasteiger partial charge in [0.05, 0.1) is 10.5 Å². The molecule has 1 atom stereocenters. The second kappa shape index (κ2) is 7.53. The van der Waals surface area contributed by atoms with Crippen LogP contribution in [-0.2, 0) is 10.0 Å². The first-order valence-electron chi connectivity index (χ1n) is 6.76. The number of carboxylic acid groups (broad SMARTS) is 1.